The van der Waals surface area contributed by atoms with Gasteiger partial charge in [0.2, 0.25) is 0 Å². The van der Waals surface area contributed by atoms with Gasteiger partial charge < -0.3 is 9.74 Å². The molecule has 1 saturated heterocycles. The minimum atomic E-state index is 0.242. The van der Waals surface area contributed by atoms with Crippen LogP contribution in [0.1, 0.15) is 31.4 Å². The number of piperidine rings is 1. The van der Waals surface area contributed by atoms with Crippen LogP contribution in [0.2, 0.25) is 0 Å². The van der Waals surface area contributed by atoms with Crippen LogP contribution in [0.5, 0.6) is 0 Å². The fraction of sp³-hybridized carbons (Fsp3) is 0.615. The molecule has 0 aliphatic carbocycles. The van der Waals surface area contributed by atoms with Crippen LogP contribution in [0.15, 0.2) is 23.7 Å². The number of nitrogens with zero attached hydrogens (tertiary/aromatic N) is 4. The van der Waals surface area contributed by atoms with Gasteiger partial charge in [-0.1, -0.05) is 23.2 Å². The van der Waals surface area contributed by atoms with E-state index in [1.165, 1.54) is 32.4 Å². The normalized spacial score (nSPS) is 17.4. The van der Waals surface area contributed by atoms with Gasteiger partial charge in [-0.25, -0.2) is 0 Å². The Labute approximate surface area is 118 Å². The zero-order valence-electron chi connectivity index (χ0n) is 11.0. The molecule has 104 valence electrons. The Morgan fingerprint density at radius 2 is 2.16 bits per heavy atom. The van der Waals surface area contributed by atoms with E-state index >= 15 is 0 Å². The van der Waals surface area contributed by atoms with Crippen molar-refractivity contribution in [3.63, 3.8) is 0 Å². The van der Waals surface area contributed by atoms with Gasteiger partial charge in [-0.15, -0.1) is 0 Å². The maximum atomic E-state index is 5.95. The average molecular weight is 283 g/mol. The number of hydrogen-bond acceptors (Lipinski definition) is 5. The lowest BCUT2D eigenvalue weighted by molar-refractivity contribution is 0.125. The van der Waals surface area contributed by atoms with E-state index in [2.05, 4.69) is 20.0 Å². The van der Waals surface area contributed by atoms with Crippen LogP contribution in [0.3, 0.4) is 0 Å². The maximum absolute atomic E-state index is 5.95. The van der Waals surface area contributed by atoms with Crippen LogP contribution in [-0.4, -0.2) is 46.3 Å². The summed E-state index contributed by atoms with van der Waals surface area (Å²) in [7, 11) is 0. The zero-order valence-corrected chi connectivity index (χ0v) is 11.7. The molecular formula is C13H19ClN4O. The van der Waals surface area contributed by atoms with Crippen LogP contribution in [0, 0.1) is 0 Å². The molecule has 1 aliphatic rings. The van der Waals surface area contributed by atoms with E-state index in [9.17, 15) is 0 Å². The fourth-order valence-corrected chi connectivity index (χ4v) is 2.24. The Bertz CT molecular complexity index is 393. The molecule has 1 aromatic rings. The highest BCUT2D eigenvalue weighted by molar-refractivity contribution is 6.69. The predicted octanol–water partition coefficient (Wildman–Crippen LogP) is 2.27. The second-order valence-electron chi connectivity index (χ2n) is 4.56. The van der Waals surface area contributed by atoms with Gasteiger partial charge in [-0.3, -0.25) is 9.97 Å². The molecular weight excluding hydrogens is 264 g/mol. The van der Waals surface area contributed by atoms with Crippen LogP contribution in [-0.2, 0) is 4.84 Å². The number of likely N-dealkylation sites (tertiary alicyclic amines) is 1. The highest BCUT2D eigenvalue weighted by atomic mass is 35.5. The van der Waals surface area contributed by atoms with Crippen molar-refractivity contribution in [2.45, 2.75) is 25.7 Å². The zero-order chi connectivity index (χ0) is 13.3. The Morgan fingerprint density at radius 3 is 2.89 bits per heavy atom. The van der Waals surface area contributed by atoms with Gasteiger partial charge in [-0.2, -0.15) is 0 Å². The van der Waals surface area contributed by atoms with Crippen molar-refractivity contribution < 1.29 is 4.84 Å². The summed E-state index contributed by atoms with van der Waals surface area (Å²) in [6.07, 6.45) is 9.69. The smallest absolute Gasteiger partial charge is 0.195 e. The van der Waals surface area contributed by atoms with Gasteiger partial charge in [0.1, 0.15) is 12.3 Å². The number of hydrogen-bond donors (Lipinski definition) is 0. The highest BCUT2D eigenvalue weighted by Crippen LogP contribution is 2.08. The molecule has 0 amide bonds. The summed E-state index contributed by atoms with van der Waals surface area (Å²) in [4.78, 5) is 15.6. The molecule has 6 heteroatoms. The van der Waals surface area contributed by atoms with E-state index in [1.807, 2.05) is 0 Å². The topological polar surface area (TPSA) is 50.6 Å². The molecule has 1 aromatic heterocycles. The van der Waals surface area contributed by atoms with Gasteiger partial charge in [0.15, 0.2) is 5.17 Å². The molecule has 0 atom stereocenters. The van der Waals surface area contributed by atoms with Crippen molar-refractivity contribution in [1.29, 1.82) is 0 Å². The van der Waals surface area contributed by atoms with Gasteiger partial charge in [0, 0.05) is 18.9 Å². The van der Waals surface area contributed by atoms with Crippen molar-refractivity contribution in [1.82, 2.24) is 14.9 Å². The second kappa shape index (κ2) is 8.07. The van der Waals surface area contributed by atoms with Crippen LogP contribution >= 0.6 is 11.6 Å². The molecule has 1 aliphatic heterocycles. The van der Waals surface area contributed by atoms with Crippen molar-refractivity contribution in [2.24, 2.45) is 5.16 Å². The monoisotopic (exact) mass is 282 g/mol. The first-order valence-electron chi connectivity index (χ1n) is 6.70. The molecule has 0 unspecified atom stereocenters. The summed E-state index contributed by atoms with van der Waals surface area (Å²) in [5.74, 6) is 0. The van der Waals surface area contributed by atoms with E-state index in [4.69, 9.17) is 16.4 Å². The first-order chi connectivity index (χ1) is 9.36. The molecule has 2 rings (SSSR count). The molecule has 0 spiro atoms. The second-order valence-corrected chi connectivity index (χ2v) is 4.92. The van der Waals surface area contributed by atoms with E-state index in [-0.39, 0.29) is 5.17 Å². The van der Waals surface area contributed by atoms with Crippen LogP contribution < -0.4 is 0 Å². The van der Waals surface area contributed by atoms with Gasteiger partial charge in [0.05, 0.1) is 6.20 Å². The fourth-order valence-electron chi connectivity index (χ4n) is 2.09. The lowest BCUT2D eigenvalue weighted by Crippen LogP contribution is -2.31. The molecule has 19 heavy (non-hydrogen) atoms. The predicted molar refractivity (Wildman–Crippen MR) is 75.3 cm³/mol. The average Bonchev–Trinajstić information content (AvgIpc) is 2.49. The minimum Gasteiger partial charge on any atom is -0.394 e. The molecule has 0 aromatic carbocycles. The summed E-state index contributed by atoms with van der Waals surface area (Å²) in [6.45, 7) is 4.07. The van der Waals surface area contributed by atoms with Crippen LogP contribution in [0.4, 0.5) is 0 Å². The lowest BCUT2D eigenvalue weighted by Gasteiger charge is -2.25. The minimum absolute atomic E-state index is 0.242. The van der Waals surface area contributed by atoms with Gasteiger partial charge in [-0.05, 0) is 32.4 Å². The van der Waals surface area contributed by atoms with Crippen molar-refractivity contribution in [2.75, 3.05) is 26.2 Å². The maximum Gasteiger partial charge on any atom is 0.195 e. The lowest BCUT2D eigenvalue weighted by atomic mass is 10.1. The third-order valence-electron chi connectivity index (χ3n) is 3.08. The molecule has 5 nitrogen and oxygen atoms in total. The molecule has 1 fully saturated rings. The summed E-state index contributed by atoms with van der Waals surface area (Å²) in [5, 5.41) is 4.08. The number of halogens is 1. The van der Waals surface area contributed by atoms with E-state index in [0.717, 1.165) is 13.0 Å². The van der Waals surface area contributed by atoms with Crippen molar-refractivity contribution in [3.8, 4) is 0 Å². The third-order valence-corrected chi connectivity index (χ3v) is 3.34. The van der Waals surface area contributed by atoms with E-state index in [0.29, 0.717) is 12.3 Å². The van der Waals surface area contributed by atoms with Crippen molar-refractivity contribution in [3.05, 3.63) is 24.3 Å². The summed E-state index contributed by atoms with van der Waals surface area (Å²) >= 11 is 5.95. The molecule has 0 N–H and O–H groups in total. The standard InChI is InChI=1S/C13H19ClN4O/c14-13(12-11-15-5-6-16-12)17-19-10-4-9-18-7-2-1-3-8-18/h5-6,11H,1-4,7-10H2/b17-13-. The van der Waals surface area contributed by atoms with E-state index in [1.54, 1.807) is 18.6 Å². The Morgan fingerprint density at radius 1 is 1.32 bits per heavy atom. The largest absolute Gasteiger partial charge is 0.394 e. The Balaban J connectivity index is 1.63. The highest BCUT2D eigenvalue weighted by Gasteiger charge is 2.09. The SMILES string of the molecule is Cl/C(=N\OCCCN1CCCCC1)c1cnccn1. The summed E-state index contributed by atoms with van der Waals surface area (Å²) in [5.41, 5.74) is 0.528. The van der Waals surface area contributed by atoms with Crippen LogP contribution in [0.25, 0.3) is 0 Å². The number of rotatable bonds is 6. The van der Waals surface area contributed by atoms with Gasteiger partial charge >= 0.3 is 0 Å². The summed E-state index contributed by atoms with van der Waals surface area (Å²) in [6, 6.07) is 0. The Kier molecular flexibility index (Phi) is 6.04. The summed E-state index contributed by atoms with van der Waals surface area (Å²) < 4.78 is 0. The molecule has 0 bridgehead atoms. The Hall–Kier alpha value is -1.20. The molecule has 0 radical (unpaired) electrons. The molecule has 0 saturated carbocycles. The first kappa shape index (κ1) is 14.2. The quantitative estimate of drug-likeness (QED) is 0.456. The third kappa shape index (κ3) is 5.12. The van der Waals surface area contributed by atoms with E-state index < -0.39 is 0 Å². The van der Waals surface area contributed by atoms with Crippen molar-refractivity contribution >= 4 is 16.8 Å². The molecule has 2 heterocycles. The first-order valence-corrected chi connectivity index (χ1v) is 7.08. The van der Waals surface area contributed by atoms with Gasteiger partial charge in [0.25, 0.3) is 0 Å². The number of oxime groups is 1. The number of aromatic nitrogens is 2.